The van der Waals surface area contributed by atoms with Gasteiger partial charge in [0.2, 0.25) is 0 Å². The Morgan fingerprint density at radius 1 is 0.913 bits per heavy atom. The summed E-state index contributed by atoms with van der Waals surface area (Å²) < 4.78 is 2.55. The molecule has 0 fully saturated rings. The van der Waals surface area contributed by atoms with E-state index in [1.54, 1.807) is 0 Å². The fourth-order valence-electron chi connectivity index (χ4n) is 3.71. The molecule has 120 valence electrons. The van der Waals surface area contributed by atoms with Gasteiger partial charge in [0.05, 0.1) is 5.52 Å². The molecule has 0 spiro atoms. The first-order valence-electron chi connectivity index (χ1n) is 8.80. The van der Waals surface area contributed by atoms with Gasteiger partial charge in [0.15, 0.2) is 0 Å². The third kappa shape index (κ3) is 2.93. The fourth-order valence-corrected chi connectivity index (χ4v) is 3.71. The minimum atomic E-state index is 0.965. The van der Waals surface area contributed by atoms with Crippen LogP contribution in [0.3, 0.4) is 0 Å². The van der Waals surface area contributed by atoms with Crippen LogP contribution < -0.4 is 0 Å². The zero-order chi connectivity index (χ0) is 16.4. The van der Waals surface area contributed by atoms with Gasteiger partial charge in [0, 0.05) is 17.6 Å². The Labute approximate surface area is 140 Å². The second-order valence-electron chi connectivity index (χ2n) is 6.56. The molecule has 0 aliphatic carbocycles. The van der Waals surface area contributed by atoms with Crippen molar-refractivity contribution in [2.45, 2.75) is 53.5 Å². The Hall–Kier alpha value is -2.02. The largest absolute Gasteiger partial charge is 0.340 e. The molecule has 0 N–H and O–H groups in total. The molecule has 3 aromatic rings. The SMILES string of the molecule is CCCc1c(C)cc(C)c2cc(CC)n(Cc3ccccc3)c12. The molecule has 0 saturated carbocycles. The van der Waals surface area contributed by atoms with E-state index in [2.05, 4.69) is 74.7 Å². The van der Waals surface area contributed by atoms with Crippen LogP contribution in [0.5, 0.6) is 0 Å². The monoisotopic (exact) mass is 305 g/mol. The topological polar surface area (TPSA) is 4.93 Å². The maximum Gasteiger partial charge on any atom is 0.0523 e. The minimum absolute atomic E-state index is 0.965. The molecule has 0 aliphatic rings. The lowest BCUT2D eigenvalue weighted by Gasteiger charge is -2.15. The van der Waals surface area contributed by atoms with Crippen molar-refractivity contribution >= 4 is 10.9 Å². The highest BCUT2D eigenvalue weighted by Crippen LogP contribution is 2.31. The summed E-state index contributed by atoms with van der Waals surface area (Å²) in [6.07, 6.45) is 3.42. The Bertz CT molecular complexity index is 809. The second kappa shape index (κ2) is 6.62. The number of benzene rings is 2. The van der Waals surface area contributed by atoms with E-state index in [0.29, 0.717) is 0 Å². The van der Waals surface area contributed by atoms with Gasteiger partial charge in [-0.15, -0.1) is 0 Å². The molecule has 0 unspecified atom stereocenters. The first-order valence-corrected chi connectivity index (χ1v) is 8.80. The molecule has 1 nitrogen and oxygen atoms in total. The molecule has 3 rings (SSSR count). The highest BCUT2D eigenvalue weighted by atomic mass is 15.0. The normalized spacial score (nSPS) is 11.3. The van der Waals surface area contributed by atoms with Gasteiger partial charge in [-0.25, -0.2) is 0 Å². The molecule has 0 radical (unpaired) electrons. The van der Waals surface area contributed by atoms with E-state index < -0.39 is 0 Å². The van der Waals surface area contributed by atoms with Crippen molar-refractivity contribution in [2.24, 2.45) is 0 Å². The summed E-state index contributed by atoms with van der Waals surface area (Å²) in [5, 5.41) is 1.44. The van der Waals surface area contributed by atoms with Gasteiger partial charge >= 0.3 is 0 Å². The molecule has 1 heteroatoms. The number of fused-ring (bicyclic) bond motifs is 1. The predicted octanol–water partition coefficient (Wildman–Crippen LogP) is 5.82. The zero-order valence-corrected chi connectivity index (χ0v) is 14.8. The van der Waals surface area contributed by atoms with Crippen LogP contribution in [0.2, 0.25) is 0 Å². The lowest BCUT2D eigenvalue weighted by atomic mass is 9.97. The maximum absolute atomic E-state index is 2.55. The molecule has 0 aliphatic heterocycles. The number of aryl methyl sites for hydroxylation is 4. The van der Waals surface area contributed by atoms with Crippen LogP contribution in [0.15, 0.2) is 42.5 Å². The highest BCUT2D eigenvalue weighted by molar-refractivity contribution is 5.88. The summed E-state index contributed by atoms with van der Waals surface area (Å²) in [6.45, 7) is 10.0. The van der Waals surface area contributed by atoms with Crippen molar-refractivity contribution in [3.8, 4) is 0 Å². The van der Waals surface area contributed by atoms with Crippen molar-refractivity contribution in [2.75, 3.05) is 0 Å². The number of hydrogen-bond donors (Lipinski definition) is 0. The molecule has 0 bridgehead atoms. The first-order chi connectivity index (χ1) is 11.2. The van der Waals surface area contributed by atoms with Crippen LogP contribution in [-0.4, -0.2) is 4.57 Å². The van der Waals surface area contributed by atoms with Crippen molar-refractivity contribution in [1.82, 2.24) is 4.57 Å². The van der Waals surface area contributed by atoms with Crippen LogP contribution >= 0.6 is 0 Å². The second-order valence-corrected chi connectivity index (χ2v) is 6.56. The Kier molecular flexibility index (Phi) is 4.56. The quantitative estimate of drug-likeness (QED) is 0.559. The summed E-state index contributed by atoms with van der Waals surface area (Å²) in [5.74, 6) is 0. The van der Waals surface area contributed by atoms with E-state index in [1.807, 2.05) is 0 Å². The van der Waals surface area contributed by atoms with Crippen LogP contribution in [0.1, 0.15) is 48.2 Å². The van der Waals surface area contributed by atoms with Crippen molar-refractivity contribution in [3.63, 3.8) is 0 Å². The van der Waals surface area contributed by atoms with Crippen LogP contribution in [-0.2, 0) is 19.4 Å². The molecular formula is C22H27N. The van der Waals surface area contributed by atoms with Gasteiger partial charge < -0.3 is 4.57 Å². The average Bonchev–Trinajstić information content (AvgIpc) is 2.91. The highest BCUT2D eigenvalue weighted by Gasteiger charge is 2.15. The molecule has 2 aromatic carbocycles. The molecule has 0 saturated heterocycles. The van der Waals surface area contributed by atoms with E-state index in [0.717, 1.165) is 19.4 Å². The molecule has 1 heterocycles. The fraction of sp³-hybridized carbons (Fsp3) is 0.364. The standard InChI is InChI=1S/C22H27N/c1-5-10-20-16(3)13-17(4)21-14-19(6-2)23(22(20)21)15-18-11-8-7-9-12-18/h7-9,11-14H,5-6,10,15H2,1-4H3. The van der Waals surface area contributed by atoms with Gasteiger partial charge in [-0.1, -0.05) is 56.7 Å². The number of aromatic nitrogens is 1. The van der Waals surface area contributed by atoms with Crippen LogP contribution in [0.25, 0.3) is 10.9 Å². The number of hydrogen-bond acceptors (Lipinski definition) is 0. The molecule has 0 atom stereocenters. The van der Waals surface area contributed by atoms with E-state index in [1.165, 1.54) is 45.3 Å². The zero-order valence-electron chi connectivity index (χ0n) is 14.8. The number of nitrogens with zero attached hydrogens (tertiary/aromatic N) is 1. The Balaban J connectivity index is 2.25. The van der Waals surface area contributed by atoms with E-state index in [9.17, 15) is 0 Å². The lowest BCUT2D eigenvalue weighted by molar-refractivity contribution is 0.769. The first kappa shape index (κ1) is 15.9. The van der Waals surface area contributed by atoms with Crippen LogP contribution in [0, 0.1) is 13.8 Å². The molecule has 23 heavy (non-hydrogen) atoms. The van der Waals surface area contributed by atoms with Gasteiger partial charge in [-0.05, 0) is 55.0 Å². The van der Waals surface area contributed by atoms with Gasteiger partial charge in [0.25, 0.3) is 0 Å². The molecule has 1 aromatic heterocycles. The summed E-state index contributed by atoms with van der Waals surface area (Å²) in [7, 11) is 0. The van der Waals surface area contributed by atoms with Gasteiger partial charge in [-0.2, -0.15) is 0 Å². The minimum Gasteiger partial charge on any atom is -0.340 e. The van der Waals surface area contributed by atoms with E-state index in [4.69, 9.17) is 0 Å². The lowest BCUT2D eigenvalue weighted by Crippen LogP contribution is -2.06. The third-order valence-corrected chi connectivity index (χ3v) is 4.85. The smallest absolute Gasteiger partial charge is 0.0523 e. The Morgan fingerprint density at radius 3 is 2.30 bits per heavy atom. The Morgan fingerprint density at radius 2 is 1.65 bits per heavy atom. The van der Waals surface area contributed by atoms with Crippen molar-refractivity contribution in [1.29, 1.82) is 0 Å². The summed E-state index contributed by atoms with van der Waals surface area (Å²) in [5.41, 5.74) is 8.65. The molecule has 0 amide bonds. The summed E-state index contributed by atoms with van der Waals surface area (Å²) in [4.78, 5) is 0. The third-order valence-electron chi connectivity index (χ3n) is 4.85. The average molecular weight is 305 g/mol. The van der Waals surface area contributed by atoms with Crippen LogP contribution in [0.4, 0.5) is 0 Å². The van der Waals surface area contributed by atoms with Crippen molar-refractivity contribution < 1.29 is 0 Å². The van der Waals surface area contributed by atoms with Gasteiger partial charge in [0.1, 0.15) is 0 Å². The predicted molar refractivity (Wildman–Crippen MR) is 100 cm³/mol. The summed E-state index contributed by atoms with van der Waals surface area (Å²) in [6, 6.07) is 15.6. The molecular weight excluding hydrogens is 278 g/mol. The van der Waals surface area contributed by atoms with E-state index in [-0.39, 0.29) is 0 Å². The maximum atomic E-state index is 2.55. The summed E-state index contributed by atoms with van der Waals surface area (Å²) >= 11 is 0. The van der Waals surface area contributed by atoms with E-state index >= 15 is 0 Å². The van der Waals surface area contributed by atoms with Crippen molar-refractivity contribution in [3.05, 3.63) is 70.4 Å². The number of rotatable bonds is 5. The van der Waals surface area contributed by atoms with Gasteiger partial charge in [-0.3, -0.25) is 0 Å².